The molecule has 5 nitrogen and oxygen atoms in total. The fourth-order valence-corrected chi connectivity index (χ4v) is 2.21. The Hall–Kier alpha value is -0.650. The molecular weight excluding hydrogens is 230 g/mol. The third-order valence-corrected chi connectivity index (χ3v) is 3.32. The molecule has 0 bridgehead atoms. The average molecular weight is 257 g/mol. The van der Waals surface area contributed by atoms with E-state index in [-0.39, 0.29) is 12.5 Å². The maximum absolute atomic E-state index is 11.7. The Kier molecular flexibility index (Phi) is 7.96. The number of hydrogen-bond donors (Lipinski definition) is 2. The highest BCUT2D eigenvalue weighted by Crippen LogP contribution is 2.02. The Balaban J connectivity index is 2.20. The van der Waals surface area contributed by atoms with Crippen molar-refractivity contribution in [3.8, 4) is 0 Å². The molecule has 2 N–H and O–H groups in total. The number of carbonyl (C=O) groups is 1. The topological polar surface area (TPSA) is 55.8 Å². The van der Waals surface area contributed by atoms with Gasteiger partial charge in [-0.1, -0.05) is 13.3 Å². The molecule has 1 saturated heterocycles. The third kappa shape index (κ3) is 6.33. The minimum Gasteiger partial charge on any atom is -0.395 e. The van der Waals surface area contributed by atoms with Crippen LogP contribution in [0.5, 0.6) is 0 Å². The highest BCUT2D eigenvalue weighted by molar-refractivity contribution is 5.77. The Bertz CT molecular complexity index is 236. The van der Waals surface area contributed by atoms with Crippen LogP contribution in [-0.4, -0.2) is 73.2 Å². The van der Waals surface area contributed by atoms with E-state index in [2.05, 4.69) is 22.0 Å². The van der Waals surface area contributed by atoms with Crippen LogP contribution in [0.3, 0.4) is 0 Å². The van der Waals surface area contributed by atoms with E-state index in [1.54, 1.807) is 0 Å². The van der Waals surface area contributed by atoms with Gasteiger partial charge in [0.1, 0.15) is 0 Å². The van der Waals surface area contributed by atoms with Crippen molar-refractivity contribution in [2.45, 2.75) is 26.2 Å². The van der Waals surface area contributed by atoms with Gasteiger partial charge in [-0.05, 0) is 25.9 Å². The summed E-state index contributed by atoms with van der Waals surface area (Å²) in [5.74, 6) is 0.138. The summed E-state index contributed by atoms with van der Waals surface area (Å²) in [7, 11) is 0. The van der Waals surface area contributed by atoms with E-state index < -0.39 is 0 Å². The number of amides is 1. The van der Waals surface area contributed by atoms with E-state index in [1.165, 1.54) is 0 Å². The Labute approximate surface area is 110 Å². The predicted octanol–water partition coefficient (Wildman–Crippen LogP) is -0.0973. The molecule has 5 heteroatoms. The fourth-order valence-electron chi connectivity index (χ4n) is 2.21. The highest BCUT2D eigenvalue weighted by Gasteiger charge is 2.16. The van der Waals surface area contributed by atoms with Gasteiger partial charge in [0.05, 0.1) is 13.2 Å². The summed E-state index contributed by atoms with van der Waals surface area (Å²) in [6, 6.07) is 0. The van der Waals surface area contributed by atoms with Crippen LogP contribution in [0.2, 0.25) is 0 Å². The first-order chi connectivity index (χ1) is 8.76. The van der Waals surface area contributed by atoms with E-state index in [4.69, 9.17) is 5.11 Å². The molecular formula is C13H27N3O2. The largest absolute Gasteiger partial charge is 0.395 e. The van der Waals surface area contributed by atoms with Crippen molar-refractivity contribution in [1.29, 1.82) is 0 Å². The van der Waals surface area contributed by atoms with Crippen LogP contribution >= 0.6 is 0 Å². The summed E-state index contributed by atoms with van der Waals surface area (Å²) in [4.78, 5) is 16.2. The van der Waals surface area contributed by atoms with Crippen molar-refractivity contribution in [1.82, 2.24) is 15.1 Å². The summed E-state index contributed by atoms with van der Waals surface area (Å²) in [5.41, 5.74) is 0. The Morgan fingerprint density at radius 1 is 1.22 bits per heavy atom. The fraction of sp³-hybridized carbons (Fsp3) is 0.923. The van der Waals surface area contributed by atoms with Gasteiger partial charge in [0, 0.05) is 26.2 Å². The van der Waals surface area contributed by atoms with Crippen molar-refractivity contribution in [2.24, 2.45) is 0 Å². The smallest absolute Gasteiger partial charge is 0.234 e. The number of rotatable bonds is 7. The third-order valence-electron chi connectivity index (χ3n) is 3.32. The summed E-state index contributed by atoms with van der Waals surface area (Å²) in [5, 5.41) is 11.9. The molecule has 18 heavy (non-hydrogen) atoms. The number of β-amino-alcohol motifs (C(OH)–C–C–N with tert-alkyl or cyclic N) is 1. The van der Waals surface area contributed by atoms with Crippen LogP contribution in [0.4, 0.5) is 0 Å². The number of aliphatic hydroxyl groups is 1. The molecule has 0 aromatic carbocycles. The number of nitrogens with zero attached hydrogens (tertiary/aromatic N) is 2. The zero-order chi connectivity index (χ0) is 13.2. The molecule has 0 atom stereocenters. The molecule has 1 aliphatic rings. The minimum atomic E-state index is 0.138. The Morgan fingerprint density at radius 2 is 1.94 bits per heavy atom. The van der Waals surface area contributed by atoms with Crippen LogP contribution in [0.1, 0.15) is 26.2 Å². The van der Waals surface area contributed by atoms with E-state index in [0.29, 0.717) is 6.54 Å². The Morgan fingerprint density at radius 3 is 2.67 bits per heavy atom. The number of aliphatic hydroxyl groups excluding tert-OH is 1. The van der Waals surface area contributed by atoms with Gasteiger partial charge in [-0.2, -0.15) is 0 Å². The zero-order valence-corrected chi connectivity index (χ0v) is 11.5. The van der Waals surface area contributed by atoms with Crippen molar-refractivity contribution < 1.29 is 9.90 Å². The van der Waals surface area contributed by atoms with Crippen molar-refractivity contribution in [3.63, 3.8) is 0 Å². The number of nitrogens with one attached hydrogen (secondary N) is 1. The predicted molar refractivity (Wildman–Crippen MR) is 72.5 cm³/mol. The number of hydrogen-bond acceptors (Lipinski definition) is 4. The normalized spacial score (nSPS) is 18.6. The van der Waals surface area contributed by atoms with Gasteiger partial charge in [-0.15, -0.1) is 0 Å². The van der Waals surface area contributed by atoms with E-state index in [0.717, 1.165) is 58.5 Å². The maximum atomic E-state index is 11.7. The summed E-state index contributed by atoms with van der Waals surface area (Å²) >= 11 is 0. The maximum Gasteiger partial charge on any atom is 0.234 e. The second-order valence-electron chi connectivity index (χ2n) is 4.90. The van der Waals surface area contributed by atoms with E-state index >= 15 is 0 Å². The first-order valence-electron chi connectivity index (χ1n) is 7.08. The molecule has 1 heterocycles. The number of unbranched alkanes of at least 4 members (excludes halogenated alkanes) is 1. The van der Waals surface area contributed by atoms with Gasteiger partial charge in [0.15, 0.2) is 0 Å². The molecule has 0 radical (unpaired) electrons. The van der Waals surface area contributed by atoms with E-state index in [9.17, 15) is 4.79 Å². The summed E-state index contributed by atoms with van der Waals surface area (Å²) < 4.78 is 0. The molecule has 0 aliphatic carbocycles. The van der Waals surface area contributed by atoms with E-state index in [1.807, 2.05) is 0 Å². The van der Waals surface area contributed by atoms with Crippen LogP contribution in [0, 0.1) is 0 Å². The standard InChI is InChI=1S/C13H27N3O2/c1-2-3-5-14-13(18)12-16-7-4-6-15(8-9-16)10-11-17/h17H,2-12H2,1H3,(H,14,18). The molecule has 1 amide bonds. The molecule has 0 aromatic rings. The van der Waals surface area contributed by atoms with Gasteiger partial charge in [-0.25, -0.2) is 0 Å². The van der Waals surface area contributed by atoms with Crippen molar-refractivity contribution in [2.75, 3.05) is 52.4 Å². The first-order valence-corrected chi connectivity index (χ1v) is 7.08. The first kappa shape index (κ1) is 15.4. The van der Waals surface area contributed by atoms with Gasteiger partial charge in [0.25, 0.3) is 0 Å². The minimum absolute atomic E-state index is 0.138. The quantitative estimate of drug-likeness (QED) is 0.626. The molecule has 1 fully saturated rings. The lowest BCUT2D eigenvalue weighted by Crippen LogP contribution is -2.39. The number of carbonyl (C=O) groups excluding carboxylic acids is 1. The summed E-state index contributed by atoms with van der Waals surface area (Å²) in [6.07, 6.45) is 3.23. The van der Waals surface area contributed by atoms with Crippen LogP contribution in [0.25, 0.3) is 0 Å². The second kappa shape index (κ2) is 9.30. The van der Waals surface area contributed by atoms with Gasteiger partial charge in [0.2, 0.25) is 5.91 Å². The lowest BCUT2D eigenvalue weighted by atomic mass is 10.3. The zero-order valence-electron chi connectivity index (χ0n) is 11.5. The lowest BCUT2D eigenvalue weighted by molar-refractivity contribution is -0.122. The lowest BCUT2D eigenvalue weighted by Gasteiger charge is -2.20. The molecule has 0 spiro atoms. The molecule has 0 aromatic heterocycles. The highest BCUT2D eigenvalue weighted by atomic mass is 16.3. The molecule has 0 unspecified atom stereocenters. The van der Waals surface area contributed by atoms with Crippen molar-refractivity contribution in [3.05, 3.63) is 0 Å². The molecule has 1 aliphatic heterocycles. The molecule has 1 rings (SSSR count). The molecule has 0 saturated carbocycles. The van der Waals surface area contributed by atoms with Gasteiger partial charge < -0.3 is 10.4 Å². The van der Waals surface area contributed by atoms with Crippen LogP contribution in [0.15, 0.2) is 0 Å². The second-order valence-corrected chi connectivity index (χ2v) is 4.90. The van der Waals surface area contributed by atoms with Crippen LogP contribution in [-0.2, 0) is 4.79 Å². The average Bonchev–Trinajstić information content (AvgIpc) is 2.56. The SMILES string of the molecule is CCCCNC(=O)CN1CCCN(CCO)CC1. The van der Waals surface area contributed by atoms with Gasteiger partial charge >= 0.3 is 0 Å². The van der Waals surface area contributed by atoms with Gasteiger partial charge in [-0.3, -0.25) is 14.6 Å². The monoisotopic (exact) mass is 257 g/mol. The van der Waals surface area contributed by atoms with Crippen molar-refractivity contribution >= 4 is 5.91 Å². The van der Waals surface area contributed by atoms with Crippen LogP contribution < -0.4 is 5.32 Å². The molecule has 106 valence electrons. The summed E-state index contributed by atoms with van der Waals surface area (Å²) in [6.45, 7) is 8.25.